The molecule has 1 amide bonds. The summed E-state index contributed by atoms with van der Waals surface area (Å²) >= 11 is 0. The molecule has 5 nitrogen and oxygen atoms in total. The molecule has 5 heteroatoms. The Labute approximate surface area is 135 Å². The van der Waals surface area contributed by atoms with Crippen LogP contribution in [-0.2, 0) is 6.42 Å². The van der Waals surface area contributed by atoms with Gasteiger partial charge in [-0.05, 0) is 48.2 Å². The number of rotatable bonds is 5. The van der Waals surface area contributed by atoms with Gasteiger partial charge in [-0.25, -0.2) is 0 Å². The highest BCUT2D eigenvalue weighted by Gasteiger charge is 2.25. The maximum absolute atomic E-state index is 12.2. The summed E-state index contributed by atoms with van der Waals surface area (Å²) in [6.07, 6.45) is 5.25. The van der Waals surface area contributed by atoms with Crippen molar-refractivity contribution in [3.8, 4) is 11.5 Å². The number of amides is 1. The molecule has 2 aromatic rings. The third-order valence-corrected chi connectivity index (χ3v) is 4.30. The van der Waals surface area contributed by atoms with Crippen LogP contribution in [-0.4, -0.2) is 31.7 Å². The van der Waals surface area contributed by atoms with E-state index in [2.05, 4.69) is 10.3 Å². The predicted molar refractivity (Wildman–Crippen MR) is 87.2 cm³/mol. The highest BCUT2D eigenvalue weighted by atomic mass is 16.5. The fourth-order valence-electron chi connectivity index (χ4n) is 3.05. The van der Waals surface area contributed by atoms with E-state index in [1.165, 1.54) is 11.1 Å². The maximum atomic E-state index is 12.2. The molecule has 1 aliphatic carbocycles. The Hall–Kier alpha value is -2.56. The van der Waals surface area contributed by atoms with Crippen LogP contribution in [0.15, 0.2) is 36.7 Å². The van der Waals surface area contributed by atoms with Crippen molar-refractivity contribution in [1.29, 1.82) is 0 Å². The average molecular weight is 312 g/mol. The minimum Gasteiger partial charge on any atom is -0.493 e. The van der Waals surface area contributed by atoms with Crippen molar-refractivity contribution in [2.75, 3.05) is 20.8 Å². The van der Waals surface area contributed by atoms with E-state index in [1.54, 1.807) is 38.7 Å². The number of carbonyl (C=O) groups is 1. The zero-order valence-corrected chi connectivity index (χ0v) is 13.3. The van der Waals surface area contributed by atoms with Gasteiger partial charge in [-0.1, -0.05) is 0 Å². The minimum absolute atomic E-state index is 0.0682. The van der Waals surface area contributed by atoms with Gasteiger partial charge in [-0.3, -0.25) is 9.78 Å². The number of pyridine rings is 1. The Morgan fingerprint density at radius 2 is 1.91 bits per heavy atom. The summed E-state index contributed by atoms with van der Waals surface area (Å²) in [4.78, 5) is 16.1. The SMILES string of the molecule is COc1cc2c(cc1OC)C(CNC(=O)c1ccncc1)CC2. The van der Waals surface area contributed by atoms with Crippen LogP contribution in [0.2, 0.25) is 0 Å². The van der Waals surface area contributed by atoms with E-state index in [1.807, 2.05) is 12.1 Å². The molecule has 3 rings (SSSR count). The van der Waals surface area contributed by atoms with Gasteiger partial charge in [-0.15, -0.1) is 0 Å². The number of ether oxygens (including phenoxy) is 2. The third kappa shape index (κ3) is 3.13. The average Bonchev–Trinajstić information content (AvgIpc) is 3.01. The van der Waals surface area contributed by atoms with Crippen molar-refractivity contribution >= 4 is 5.91 Å². The van der Waals surface area contributed by atoms with Crippen molar-refractivity contribution in [1.82, 2.24) is 10.3 Å². The highest BCUT2D eigenvalue weighted by molar-refractivity contribution is 5.94. The molecule has 0 saturated heterocycles. The molecule has 1 heterocycles. The number of nitrogens with zero attached hydrogens (tertiary/aromatic N) is 1. The molecule has 1 unspecified atom stereocenters. The van der Waals surface area contributed by atoms with Gasteiger partial charge >= 0.3 is 0 Å². The summed E-state index contributed by atoms with van der Waals surface area (Å²) in [5.41, 5.74) is 3.13. The van der Waals surface area contributed by atoms with Gasteiger partial charge < -0.3 is 14.8 Å². The summed E-state index contributed by atoms with van der Waals surface area (Å²) < 4.78 is 10.7. The molecule has 0 saturated carbocycles. The molecular formula is C18H20N2O3. The Balaban J connectivity index is 1.72. The molecular weight excluding hydrogens is 292 g/mol. The molecule has 0 aliphatic heterocycles. The molecule has 1 aromatic heterocycles. The molecule has 120 valence electrons. The number of hydrogen-bond donors (Lipinski definition) is 1. The Bertz CT molecular complexity index is 701. The van der Waals surface area contributed by atoms with E-state index in [4.69, 9.17) is 9.47 Å². The van der Waals surface area contributed by atoms with Crippen LogP contribution >= 0.6 is 0 Å². The molecule has 23 heavy (non-hydrogen) atoms. The summed E-state index contributed by atoms with van der Waals surface area (Å²) in [6, 6.07) is 7.50. The fraction of sp³-hybridized carbons (Fsp3) is 0.333. The number of nitrogens with one attached hydrogen (secondary N) is 1. The van der Waals surface area contributed by atoms with E-state index < -0.39 is 0 Å². The fourth-order valence-corrected chi connectivity index (χ4v) is 3.05. The zero-order valence-electron chi connectivity index (χ0n) is 13.3. The van der Waals surface area contributed by atoms with Gasteiger partial charge in [0.2, 0.25) is 0 Å². The summed E-state index contributed by atoms with van der Waals surface area (Å²) in [5.74, 6) is 1.73. The number of benzene rings is 1. The largest absolute Gasteiger partial charge is 0.493 e. The lowest BCUT2D eigenvalue weighted by Gasteiger charge is -2.15. The van der Waals surface area contributed by atoms with Gasteiger partial charge in [0.15, 0.2) is 11.5 Å². The lowest BCUT2D eigenvalue weighted by atomic mass is 10.0. The minimum atomic E-state index is -0.0682. The van der Waals surface area contributed by atoms with Crippen LogP contribution in [0, 0.1) is 0 Å². The molecule has 0 radical (unpaired) electrons. The lowest BCUT2D eigenvalue weighted by molar-refractivity contribution is 0.0951. The van der Waals surface area contributed by atoms with Gasteiger partial charge in [0.05, 0.1) is 14.2 Å². The van der Waals surface area contributed by atoms with E-state index in [-0.39, 0.29) is 5.91 Å². The van der Waals surface area contributed by atoms with Gasteiger partial charge in [-0.2, -0.15) is 0 Å². The first-order valence-corrected chi connectivity index (χ1v) is 7.66. The van der Waals surface area contributed by atoms with Gasteiger partial charge in [0.25, 0.3) is 5.91 Å². The Kier molecular flexibility index (Phi) is 4.46. The first kappa shape index (κ1) is 15.3. The predicted octanol–water partition coefficient (Wildman–Crippen LogP) is 2.56. The molecule has 0 spiro atoms. The van der Waals surface area contributed by atoms with E-state index >= 15 is 0 Å². The Morgan fingerprint density at radius 1 is 1.22 bits per heavy atom. The Morgan fingerprint density at radius 3 is 2.61 bits per heavy atom. The lowest BCUT2D eigenvalue weighted by Crippen LogP contribution is -2.27. The molecule has 1 aromatic carbocycles. The molecule has 0 bridgehead atoms. The number of aromatic nitrogens is 1. The first-order valence-electron chi connectivity index (χ1n) is 7.66. The number of methoxy groups -OCH3 is 2. The number of aryl methyl sites for hydroxylation is 1. The number of hydrogen-bond acceptors (Lipinski definition) is 4. The van der Waals surface area contributed by atoms with Gasteiger partial charge in [0.1, 0.15) is 0 Å². The maximum Gasteiger partial charge on any atom is 0.251 e. The van der Waals surface area contributed by atoms with Crippen molar-refractivity contribution in [2.45, 2.75) is 18.8 Å². The van der Waals surface area contributed by atoms with E-state index in [0.29, 0.717) is 18.0 Å². The van der Waals surface area contributed by atoms with Crippen molar-refractivity contribution in [2.24, 2.45) is 0 Å². The summed E-state index contributed by atoms with van der Waals surface area (Å²) in [5, 5.41) is 3.01. The first-order chi connectivity index (χ1) is 11.2. The normalized spacial score (nSPS) is 15.8. The monoisotopic (exact) mass is 312 g/mol. The second-order valence-electron chi connectivity index (χ2n) is 5.59. The molecule has 1 N–H and O–H groups in total. The zero-order chi connectivity index (χ0) is 16.2. The highest BCUT2D eigenvalue weighted by Crippen LogP contribution is 2.40. The van der Waals surface area contributed by atoms with Crippen molar-refractivity contribution < 1.29 is 14.3 Å². The van der Waals surface area contributed by atoms with E-state index in [0.717, 1.165) is 24.3 Å². The van der Waals surface area contributed by atoms with Crippen LogP contribution in [0.1, 0.15) is 33.8 Å². The topological polar surface area (TPSA) is 60.5 Å². The molecule has 1 atom stereocenters. The van der Waals surface area contributed by atoms with E-state index in [9.17, 15) is 4.79 Å². The van der Waals surface area contributed by atoms with Crippen LogP contribution in [0.3, 0.4) is 0 Å². The second kappa shape index (κ2) is 6.69. The van der Waals surface area contributed by atoms with Crippen molar-refractivity contribution in [3.05, 3.63) is 53.3 Å². The molecule has 0 fully saturated rings. The van der Waals surface area contributed by atoms with Crippen LogP contribution in [0.25, 0.3) is 0 Å². The molecule has 1 aliphatic rings. The van der Waals surface area contributed by atoms with Crippen molar-refractivity contribution in [3.63, 3.8) is 0 Å². The summed E-state index contributed by atoms with van der Waals surface area (Å²) in [6.45, 7) is 0.615. The standard InChI is InChI=1S/C18H20N2O3/c1-22-16-9-13-3-4-14(15(13)10-17(16)23-2)11-20-18(21)12-5-7-19-8-6-12/h5-10,14H,3-4,11H2,1-2H3,(H,20,21). The third-order valence-electron chi connectivity index (χ3n) is 4.30. The smallest absolute Gasteiger partial charge is 0.251 e. The van der Waals surface area contributed by atoms with Crippen LogP contribution in [0.5, 0.6) is 11.5 Å². The van der Waals surface area contributed by atoms with Crippen LogP contribution in [0.4, 0.5) is 0 Å². The quantitative estimate of drug-likeness (QED) is 0.922. The summed E-state index contributed by atoms with van der Waals surface area (Å²) in [7, 11) is 3.28. The number of carbonyl (C=O) groups excluding carboxylic acids is 1. The van der Waals surface area contributed by atoms with Gasteiger partial charge in [0, 0.05) is 30.4 Å². The van der Waals surface area contributed by atoms with Crippen LogP contribution < -0.4 is 14.8 Å². The number of fused-ring (bicyclic) bond motifs is 1. The second-order valence-corrected chi connectivity index (χ2v) is 5.59.